The lowest BCUT2D eigenvalue weighted by atomic mass is 10.2. The van der Waals surface area contributed by atoms with Gasteiger partial charge in [0.1, 0.15) is 5.69 Å². The van der Waals surface area contributed by atoms with E-state index in [-0.39, 0.29) is 35.4 Å². The van der Waals surface area contributed by atoms with Crippen LogP contribution in [0.3, 0.4) is 0 Å². The first-order valence-corrected chi connectivity index (χ1v) is 9.49. The Labute approximate surface area is 174 Å². The largest absolute Gasteiger partial charge is 0.325 e. The van der Waals surface area contributed by atoms with Crippen LogP contribution in [-0.4, -0.2) is 41.3 Å². The first-order chi connectivity index (χ1) is 13.8. The maximum Gasteiger partial charge on any atom is 0.294 e. The molecular weight excluding hydrogens is 396 g/mol. The molecule has 2 aromatic carbocycles. The molecule has 9 heteroatoms. The number of nitrogens with zero attached hydrogens (tertiary/aromatic N) is 2. The maximum absolute atomic E-state index is 12.4. The predicted molar refractivity (Wildman–Crippen MR) is 113 cm³/mol. The first kappa shape index (κ1) is 22.3. The molecule has 2 amide bonds. The molecule has 2 aromatic rings. The monoisotopic (exact) mass is 418 g/mol. The van der Waals surface area contributed by atoms with Crippen molar-refractivity contribution in [3.63, 3.8) is 0 Å². The van der Waals surface area contributed by atoms with E-state index >= 15 is 0 Å². The number of aryl methyl sites for hydroxylation is 1. The molecule has 0 saturated carbocycles. The quantitative estimate of drug-likeness (QED) is 0.475. The molecule has 0 atom stereocenters. The van der Waals surface area contributed by atoms with Crippen molar-refractivity contribution in [3.05, 3.63) is 63.2 Å². The van der Waals surface area contributed by atoms with Crippen molar-refractivity contribution in [2.45, 2.75) is 20.3 Å². The molecule has 0 aliphatic rings. The summed E-state index contributed by atoms with van der Waals surface area (Å²) >= 11 is 5.79. The van der Waals surface area contributed by atoms with Crippen molar-refractivity contribution < 1.29 is 14.5 Å². The Bertz CT molecular complexity index is 904. The minimum absolute atomic E-state index is 0.0261. The van der Waals surface area contributed by atoms with Gasteiger partial charge in [-0.25, -0.2) is 0 Å². The maximum atomic E-state index is 12.4. The third kappa shape index (κ3) is 6.85. The number of nitrogens with one attached hydrogen (secondary N) is 2. The molecule has 8 nitrogen and oxygen atoms in total. The fourth-order valence-corrected chi connectivity index (χ4v) is 2.96. The molecule has 0 aliphatic carbocycles. The average Bonchev–Trinajstić information content (AvgIpc) is 2.65. The number of carbonyl (C=O) groups is 2. The van der Waals surface area contributed by atoms with E-state index in [4.69, 9.17) is 11.6 Å². The summed E-state index contributed by atoms with van der Waals surface area (Å²) in [6.07, 6.45) is 0.742. The molecule has 0 saturated heterocycles. The zero-order chi connectivity index (χ0) is 21.4. The second kappa shape index (κ2) is 10.5. The van der Waals surface area contributed by atoms with Gasteiger partial charge in [-0.1, -0.05) is 36.7 Å². The van der Waals surface area contributed by atoms with E-state index in [1.54, 1.807) is 4.90 Å². The van der Waals surface area contributed by atoms with E-state index in [9.17, 15) is 19.7 Å². The van der Waals surface area contributed by atoms with Gasteiger partial charge in [0.2, 0.25) is 11.8 Å². The van der Waals surface area contributed by atoms with Gasteiger partial charge in [-0.2, -0.15) is 0 Å². The fraction of sp³-hybridized carbons (Fsp3) is 0.300. The highest BCUT2D eigenvalue weighted by molar-refractivity contribution is 6.31. The molecule has 0 unspecified atom stereocenters. The molecule has 0 fully saturated rings. The normalized spacial score (nSPS) is 10.6. The van der Waals surface area contributed by atoms with E-state index in [2.05, 4.69) is 10.6 Å². The van der Waals surface area contributed by atoms with Gasteiger partial charge >= 0.3 is 0 Å². The number of carbonyl (C=O) groups excluding carboxylic acids is 2. The Hall–Kier alpha value is -2.97. The molecule has 0 heterocycles. The number of benzene rings is 2. The van der Waals surface area contributed by atoms with Crippen molar-refractivity contribution in [2.75, 3.05) is 30.3 Å². The van der Waals surface area contributed by atoms with Gasteiger partial charge in [0.25, 0.3) is 5.69 Å². The fourth-order valence-electron chi connectivity index (χ4n) is 2.79. The lowest BCUT2D eigenvalue weighted by Crippen LogP contribution is -2.39. The molecule has 0 aliphatic heterocycles. The van der Waals surface area contributed by atoms with Gasteiger partial charge < -0.3 is 10.6 Å². The van der Waals surface area contributed by atoms with Crippen LogP contribution < -0.4 is 10.6 Å². The van der Waals surface area contributed by atoms with Crippen LogP contribution in [0.25, 0.3) is 0 Å². The van der Waals surface area contributed by atoms with Crippen molar-refractivity contribution in [3.8, 4) is 0 Å². The predicted octanol–water partition coefficient (Wildman–Crippen LogP) is 3.85. The zero-order valence-corrected chi connectivity index (χ0v) is 17.0. The summed E-state index contributed by atoms with van der Waals surface area (Å²) in [7, 11) is 0. The molecule has 29 heavy (non-hydrogen) atoms. The van der Waals surface area contributed by atoms with Crippen LogP contribution in [-0.2, 0) is 9.59 Å². The molecule has 0 radical (unpaired) electrons. The van der Waals surface area contributed by atoms with Gasteiger partial charge in [-0.15, -0.1) is 0 Å². The second-order valence-electron chi connectivity index (χ2n) is 6.54. The summed E-state index contributed by atoms with van der Waals surface area (Å²) in [6, 6.07) is 11.4. The average molecular weight is 419 g/mol. The smallest absolute Gasteiger partial charge is 0.294 e. The van der Waals surface area contributed by atoms with Crippen molar-refractivity contribution in [1.82, 2.24) is 4.90 Å². The van der Waals surface area contributed by atoms with Crippen molar-refractivity contribution >= 4 is 40.5 Å². The lowest BCUT2D eigenvalue weighted by molar-refractivity contribution is -0.383. The highest BCUT2D eigenvalue weighted by Crippen LogP contribution is 2.27. The third-order valence-corrected chi connectivity index (χ3v) is 4.36. The van der Waals surface area contributed by atoms with Crippen LogP contribution in [0.1, 0.15) is 18.9 Å². The number of nitro benzene ring substituents is 1. The lowest BCUT2D eigenvalue weighted by Gasteiger charge is -2.21. The SMILES string of the molecule is CCCN(CC(=O)Nc1ccccc1C)CC(=O)Nc1ccc(Cl)cc1[N+](=O)[O-]. The van der Waals surface area contributed by atoms with E-state index in [0.717, 1.165) is 17.7 Å². The number of nitro groups is 1. The number of halogens is 1. The van der Waals surface area contributed by atoms with Crippen LogP contribution in [0, 0.1) is 17.0 Å². The summed E-state index contributed by atoms with van der Waals surface area (Å²) < 4.78 is 0. The summed E-state index contributed by atoms with van der Waals surface area (Å²) in [5, 5.41) is 16.7. The van der Waals surface area contributed by atoms with E-state index < -0.39 is 10.8 Å². The topological polar surface area (TPSA) is 105 Å². The molecular formula is C20H23ClN4O4. The van der Waals surface area contributed by atoms with E-state index in [0.29, 0.717) is 6.54 Å². The number of hydrogen-bond donors (Lipinski definition) is 2. The minimum Gasteiger partial charge on any atom is -0.325 e. The number of hydrogen-bond acceptors (Lipinski definition) is 5. The molecule has 0 spiro atoms. The Morgan fingerprint density at radius 2 is 1.69 bits per heavy atom. The van der Waals surface area contributed by atoms with Crippen LogP contribution in [0.2, 0.25) is 5.02 Å². The van der Waals surface area contributed by atoms with Gasteiger partial charge in [-0.3, -0.25) is 24.6 Å². The molecule has 0 bridgehead atoms. The number of amides is 2. The first-order valence-electron chi connectivity index (χ1n) is 9.11. The van der Waals surface area contributed by atoms with E-state index in [1.165, 1.54) is 18.2 Å². The molecule has 0 aromatic heterocycles. The molecule has 154 valence electrons. The van der Waals surface area contributed by atoms with Crippen LogP contribution in [0.4, 0.5) is 17.1 Å². The number of rotatable bonds is 9. The van der Waals surface area contributed by atoms with Gasteiger partial charge in [0.05, 0.1) is 18.0 Å². The van der Waals surface area contributed by atoms with Crippen molar-refractivity contribution in [1.29, 1.82) is 0 Å². The summed E-state index contributed by atoms with van der Waals surface area (Å²) in [5.74, 6) is -0.689. The molecule has 2 rings (SSSR count). The molecule has 2 N–H and O–H groups in total. The van der Waals surface area contributed by atoms with E-state index in [1.807, 2.05) is 38.1 Å². The van der Waals surface area contributed by atoms with Crippen LogP contribution >= 0.6 is 11.6 Å². The number of para-hydroxylation sites is 1. The Morgan fingerprint density at radius 3 is 2.28 bits per heavy atom. The van der Waals surface area contributed by atoms with Gasteiger partial charge in [0, 0.05) is 16.8 Å². The van der Waals surface area contributed by atoms with Crippen molar-refractivity contribution in [2.24, 2.45) is 0 Å². The highest BCUT2D eigenvalue weighted by atomic mass is 35.5. The third-order valence-electron chi connectivity index (χ3n) is 4.12. The minimum atomic E-state index is -0.610. The highest BCUT2D eigenvalue weighted by Gasteiger charge is 2.19. The number of anilines is 2. The standard InChI is InChI=1S/C20H23ClN4O4/c1-3-10-24(12-19(26)22-16-7-5-4-6-14(16)2)13-20(27)23-17-9-8-15(21)11-18(17)25(28)29/h4-9,11H,3,10,12-13H2,1-2H3,(H,22,26)(H,23,27). The Kier molecular flexibility index (Phi) is 8.11. The Balaban J connectivity index is 2.01. The summed E-state index contributed by atoms with van der Waals surface area (Å²) in [4.78, 5) is 37.0. The summed E-state index contributed by atoms with van der Waals surface area (Å²) in [5.41, 5.74) is 1.43. The van der Waals surface area contributed by atoms with Gasteiger partial charge in [-0.05, 0) is 43.7 Å². The second-order valence-corrected chi connectivity index (χ2v) is 6.98. The Morgan fingerprint density at radius 1 is 1.07 bits per heavy atom. The van der Waals surface area contributed by atoms with Crippen LogP contribution in [0.15, 0.2) is 42.5 Å². The summed E-state index contributed by atoms with van der Waals surface area (Å²) in [6.45, 7) is 4.31. The van der Waals surface area contributed by atoms with Gasteiger partial charge in [0.15, 0.2) is 0 Å². The van der Waals surface area contributed by atoms with Crippen LogP contribution in [0.5, 0.6) is 0 Å². The zero-order valence-electron chi connectivity index (χ0n) is 16.3.